The van der Waals surface area contributed by atoms with E-state index in [2.05, 4.69) is 0 Å². The molecular formula is C12H12ClN3O3. The van der Waals surface area contributed by atoms with Gasteiger partial charge in [-0.15, -0.1) is 0 Å². The summed E-state index contributed by atoms with van der Waals surface area (Å²) in [5, 5.41) is 19.2. The van der Waals surface area contributed by atoms with Crippen molar-refractivity contribution in [2.45, 2.75) is 13.3 Å². The Morgan fingerprint density at radius 2 is 2.26 bits per heavy atom. The molecule has 7 heteroatoms. The fraction of sp³-hybridized carbons (Fsp3) is 0.333. The van der Waals surface area contributed by atoms with Gasteiger partial charge in [-0.25, -0.2) is 0 Å². The molecule has 0 radical (unpaired) electrons. The molecule has 0 unspecified atom stereocenters. The van der Waals surface area contributed by atoms with E-state index < -0.39 is 4.92 Å². The molecule has 0 aliphatic rings. The number of carbonyl (C=O) groups excluding carboxylic acids is 1. The lowest BCUT2D eigenvalue weighted by Gasteiger charge is -2.18. The quantitative estimate of drug-likeness (QED) is 0.471. The zero-order valence-corrected chi connectivity index (χ0v) is 11.1. The molecule has 0 N–H and O–H groups in total. The summed E-state index contributed by atoms with van der Waals surface area (Å²) in [6, 6.07) is 5.69. The summed E-state index contributed by atoms with van der Waals surface area (Å²) in [5.41, 5.74) is -0.0140. The number of nitro groups is 1. The molecule has 1 aromatic rings. The van der Waals surface area contributed by atoms with Gasteiger partial charge in [0.15, 0.2) is 0 Å². The summed E-state index contributed by atoms with van der Waals surface area (Å²) in [7, 11) is 0. The van der Waals surface area contributed by atoms with Gasteiger partial charge >= 0.3 is 0 Å². The lowest BCUT2D eigenvalue weighted by Crippen LogP contribution is -2.32. The van der Waals surface area contributed by atoms with Crippen LogP contribution >= 0.6 is 11.6 Å². The molecule has 0 aliphatic carbocycles. The van der Waals surface area contributed by atoms with E-state index in [0.29, 0.717) is 13.0 Å². The molecule has 0 bridgehead atoms. The van der Waals surface area contributed by atoms with Gasteiger partial charge in [-0.1, -0.05) is 18.5 Å². The molecule has 0 atom stereocenters. The second kappa shape index (κ2) is 6.71. The number of carbonyl (C=O) groups is 1. The van der Waals surface area contributed by atoms with Crippen LogP contribution in [0.3, 0.4) is 0 Å². The summed E-state index contributed by atoms with van der Waals surface area (Å²) < 4.78 is 0. The molecule has 1 aromatic carbocycles. The van der Waals surface area contributed by atoms with E-state index in [1.54, 1.807) is 0 Å². The molecular weight excluding hydrogens is 270 g/mol. The second-order valence-corrected chi connectivity index (χ2v) is 4.22. The molecule has 0 fully saturated rings. The monoisotopic (exact) mass is 281 g/mol. The fourth-order valence-corrected chi connectivity index (χ4v) is 1.83. The highest BCUT2D eigenvalue weighted by molar-refractivity contribution is 6.33. The second-order valence-electron chi connectivity index (χ2n) is 3.81. The van der Waals surface area contributed by atoms with Crippen LogP contribution in [0.4, 0.5) is 5.69 Å². The molecule has 0 saturated carbocycles. The number of rotatable bonds is 5. The summed E-state index contributed by atoms with van der Waals surface area (Å²) in [5.74, 6) is -0.361. The third-order valence-electron chi connectivity index (χ3n) is 2.43. The predicted molar refractivity (Wildman–Crippen MR) is 69.9 cm³/mol. The Hall–Kier alpha value is -2.13. The van der Waals surface area contributed by atoms with Crippen LogP contribution in [0.2, 0.25) is 5.02 Å². The van der Waals surface area contributed by atoms with Crippen LogP contribution in [0.5, 0.6) is 0 Å². The third-order valence-corrected chi connectivity index (χ3v) is 2.74. The SMILES string of the molecule is CCCN(CC#N)C(=O)c1ccc([N+](=O)[O-])c(Cl)c1. The van der Waals surface area contributed by atoms with Crippen molar-refractivity contribution in [2.75, 3.05) is 13.1 Å². The molecule has 0 aliphatic heterocycles. The Morgan fingerprint density at radius 1 is 1.58 bits per heavy atom. The molecule has 0 saturated heterocycles. The minimum atomic E-state index is -0.615. The zero-order chi connectivity index (χ0) is 14.4. The van der Waals surface area contributed by atoms with Crippen LogP contribution in [0.15, 0.2) is 18.2 Å². The number of amides is 1. The van der Waals surface area contributed by atoms with Crippen molar-refractivity contribution >= 4 is 23.2 Å². The highest BCUT2D eigenvalue weighted by Crippen LogP contribution is 2.25. The van der Waals surface area contributed by atoms with E-state index in [9.17, 15) is 14.9 Å². The van der Waals surface area contributed by atoms with Crippen molar-refractivity contribution < 1.29 is 9.72 Å². The van der Waals surface area contributed by atoms with Crippen LogP contribution in [0.1, 0.15) is 23.7 Å². The molecule has 0 spiro atoms. The topological polar surface area (TPSA) is 87.2 Å². The van der Waals surface area contributed by atoms with Crippen molar-refractivity contribution in [3.8, 4) is 6.07 Å². The molecule has 6 nitrogen and oxygen atoms in total. The maximum Gasteiger partial charge on any atom is 0.287 e. The van der Waals surface area contributed by atoms with Crippen LogP contribution in [0.25, 0.3) is 0 Å². The first-order valence-electron chi connectivity index (χ1n) is 5.61. The Bertz CT molecular complexity index is 540. The van der Waals surface area contributed by atoms with Crippen molar-refractivity contribution in [3.05, 3.63) is 38.9 Å². The Labute approximate surface area is 115 Å². The predicted octanol–water partition coefficient (Wildman–Crippen LogP) is 2.62. The third kappa shape index (κ3) is 3.66. The van der Waals surface area contributed by atoms with E-state index in [1.165, 1.54) is 23.1 Å². The first-order valence-corrected chi connectivity index (χ1v) is 5.99. The largest absolute Gasteiger partial charge is 0.325 e. The first kappa shape index (κ1) is 14.9. The van der Waals surface area contributed by atoms with Gasteiger partial charge in [0.05, 0.1) is 11.0 Å². The zero-order valence-electron chi connectivity index (χ0n) is 10.3. The lowest BCUT2D eigenvalue weighted by molar-refractivity contribution is -0.384. The molecule has 19 heavy (non-hydrogen) atoms. The summed E-state index contributed by atoms with van der Waals surface area (Å²) >= 11 is 5.75. The van der Waals surface area contributed by atoms with Gasteiger partial charge in [0.25, 0.3) is 11.6 Å². The minimum Gasteiger partial charge on any atom is -0.325 e. The van der Waals surface area contributed by atoms with Crippen molar-refractivity contribution in [3.63, 3.8) is 0 Å². The van der Waals surface area contributed by atoms with Gasteiger partial charge in [-0.2, -0.15) is 5.26 Å². The number of nitriles is 1. The van der Waals surface area contributed by atoms with Crippen LogP contribution in [-0.2, 0) is 0 Å². The van der Waals surface area contributed by atoms with E-state index in [0.717, 1.165) is 0 Å². The number of hydrogen-bond donors (Lipinski definition) is 0. The van der Waals surface area contributed by atoms with E-state index in [-0.39, 0.29) is 28.7 Å². The number of halogens is 1. The standard InChI is InChI=1S/C12H12ClN3O3/c1-2-6-15(7-5-14)12(17)9-3-4-11(16(18)19)10(13)8-9/h3-4,8H,2,6-7H2,1H3. The average molecular weight is 282 g/mol. The molecule has 1 amide bonds. The maximum absolute atomic E-state index is 12.1. The summed E-state index contributed by atoms with van der Waals surface area (Å²) in [6.07, 6.45) is 0.716. The number of nitrogens with zero attached hydrogens (tertiary/aromatic N) is 3. The Balaban J connectivity index is 3.02. The van der Waals surface area contributed by atoms with E-state index >= 15 is 0 Å². The van der Waals surface area contributed by atoms with Gasteiger partial charge in [0.2, 0.25) is 0 Å². The highest BCUT2D eigenvalue weighted by Gasteiger charge is 2.19. The highest BCUT2D eigenvalue weighted by atomic mass is 35.5. The minimum absolute atomic E-state index is 0.0265. The summed E-state index contributed by atoms with van der Waals surface area (Å²) in [6.45, 7) is 2.31. The van der Waals surface area contributed by atoms with Gasteiger partial charge in [-0.05, 0) is 18.6 Å². The normalized spacial score (nSPS) is 9.74. The molecule has 0 aromatic heterocycles. The van der Waals surface area contributed by atoms with Crippen LogP contribution in [-0.4, -0.2) is 28.8 Å². The smallest absolute Gasteiger partial charge is 0.287 e. The fourth-order valence-electron chi connectivity index (χ4n) is 1.58. The first-order chi connectivity index (χ1) is 9.01. The lowest BCUT2D eigenvalue weighted by atomic mass is 10.1. The van der Waals surface area contributed by atoms with Crippen molar-refractivity contribution in [1.29, 1.82) is 5.26 Å². The van der Waals surface area contributed by atoms with Gasteiger partial charge in [-0.3, -0.25) is 14.9 Å². The molecule has 0 heterocycles. The number of hydrogen-bond acceptors (Lipinski definition) is 4. The van der Waals surface area contributed by atoms with Crippen LogP contribution < -0.4 is 0 Å². The van der Waals surface area contributed by atoms with E-state index in [4.69, 9.17) is 16.9 Å². The average Bonchev–Trinajstić information content (AvgIpc) is 2.37. The molecule has 1 rings (SSSR count). The van der Waals surface area contributed by atoms with Crippen LogP contribution in [0, 0.1) is 21.4 Å². The van der Waals surface area contributed by atoms with E-state index in [1.807, 2.05) is 13.0 Å². The Kier molecular flexibility index (Phi) is 5.27. The van der Waals surface area contributed by atoms with Gasteiger partial charge in [0.1, 0.15) is 11.6 Å². The summed E-state index contributed by atoms with van der Waals surface area (Å²) in [4.78, 5) is 23.5. The van der Waals surface area contributed by atoms with Crippen molar-refractivity contribution in [1.82, 2.24) is 4.90 Å². The van der Waals surface area contributed by atoms with Crippen molar-refractivity contribution in [2.24, 2.45) is 0 Å². The Morgan fingerprint density at radius 3 is 2.74 bits per heavy atom. The number of nitro benzene ring substituents is 1. The maximum atomic E-state index is 12.1. The van der Waals surface area contributed by atoms with Gasteiger partial charge in [0, 0.05) is 18.2 Å². The van der Waals surface area contributed by atoms with Gasteiger partial charge < -0.3 is 4.90 Å². The molecule has 100 valence electrons. The number of benzene rings is 1.